The molecule has 0 bridgehead atoms. The SMILES string of the molecule is C#CN1C2CCCCC2C2CC(/C=C/C3CCC(C4CCC(/C=C/C5CCC6C(C5)C5CCCCC5N6CC)CC4)CC3)CCC21. The van der Waals surface area contributed by atoms with Crippen LogP contribution in [0.2, 0.25) is 0 Å². The highest BCUT2D eigenvalue weighted by atomic mass is 15.2. The molecule has 0 aromatic carbocycles. The molecule has 0 aromatic heterocycles. The third kappa shape index (κ3) is 6.32. The van der Waals surface area contributed by atoms with Crippen molar-refractivity contribution in [2.45, 2.75) is 172 Å². The Bertz CT molecular complexity index is 1090. The lowest BCUT2D eigenvalue weighted by Gasteiger charge is -2.38. The van der Waals surface area contributed by atoms with Crippen LogP contribution in [0.5, 0.6) is 0 Å². The fraction of sp³-hybridized carbons (Fsp3) is 0.864. The molecule has 0 spiro atoms. The Morgan fingerprint density at radius 1 is 0.478 bits per heavy atom. The van der Waals surface area contributed by atoms with Crippen LogP contribution in [-0.4, -0.2) is 40.5 Å². The van der Waals surface area contributed by atoms with Gasteiger partial charge in [-0.05, 0) is 181 Å². The molecule has 0 N–H and O–H groups in total. The Kier molecular flexibility index (Phi) is 9.99. The van der Waals surface area contributed by atoms with Gasteiger partial charge in [0.05, 0.1) is 0 Å². The number of hydrogen-bond donors (Lipinski definition) is 0. The zero-order chi connectivity index (χ0) is 31.0. The first-order chi connectivity index (χ1) is 22.7. The fourth-order valence-corrected chi connectivity index (χ4v) is 13.9. The molecule has 8 fully saturated rings. The van der Waals surface area contributed by atoms with Gasteiger partial charge in [-0.3, -0.25) is 4.90 Å². The zero-order valence-electron chi connectivity index (χ0n) is 29.6. The van der Waals surface area contributed by atoms with E-state index in [9.17, 15) is 0 Å². The summed E-state index contributed by atoms with van der Waals surface area (Å²) in [6.07, 6.45) is 48.9. The van der Waals surface area contributed by atoms with Crippen LogP contribution >= 0.6 is 0 Å². The first-order valence-corrected chi connectivity index (χ1v) is 21.1. The number of likely N-dealkylation sites (tertiary alicyclic amines) is 2. The van der Waals surface area contributed by atoms with Gasteiger partial charge in [0, 0.05) is 30.2 Å². The molecule has 2 saturated heterocycles. The van der Waals surface area contributed by atoms with Gasteiger partial charge in [0.25, 0.3) is 0 Å². The first-order valence-electron chi connectivity index (χ1n) is 21.1. The highest BCUT2D eigenvalue weighted by Crippen LogP contribution is 2.52. The van der Waals surface area contributed by atoms with E-state index in [2.05, 4.69) is 47.1 Å². The Hall–Kier alpha value is -1.20. The predicted octanol–water partition coefficient (Wildman–Crippen LogP) is 10.6. The fourth-order valence-electron chi connectivity index (χ4n) is 13.9. The maximum absolute atomic E-state index is 6.05. The normalized spacial score (nSPS) is 48.1. The van der Waals surface area contributed by atoms with Gasteiger partial charge >= 0.3 is 0 Å². The first kappa shape index (κ1) is 32.0. The maximum atomic E-state index is 6.05. The van der Waals surface area contributed by atoms with E-state index in [1.807, 2.05) is 0 Å². The molecule has 46 heavy (non-hydrogen) atoms. The summed E-state index contributed by atoms with van der Waals surface area (Å²) in [5.41, 5.74) is 0. The van der Waals surface area contributed by atoms with Crippen molar-refractivity contribution >= 4 is 0 Å². The summed E-state index contributed by atoms with van der Waals surface area (Å²) in [5.74, 6) is 9.22. The maximum Gasteiger partial charge on any atom is 0.0406 e. The van der Waals surface area contributed by atoms with Crippen molar-refractivity contribution in [2.75, 3.05) is 6.54 Å². The standard InChI is InChI=1S/C44H68N2/c1-3-45-41-11-7-5-9-37(41)39-29-33(21-27-43(39)45)15-13-31-17-23-35(24-18-31)36-25-19-32(20-26-36)14-16-34-22-28-44-40(30-34)38-10-6-8-12-42(38)46(44)4-2/h1,13-16,31-44H,4-12,17-30H2,2H3/b15-13+,16-14+. The minimum atomic E-state index is 0.687. The zero-order valence-corrected chi connectivity index (χ0v) is 29.6. The second-order valence-electron chi connectivity index (χ2n) is 18.1. The minimum absolute atomic E-state index is 0.687. The van der Waals surface area contributed by atoms with Crippen LogP contribution in [0.1, 0.15) is 148 Å². The summed E-state index contributed by atoms with van der Waals surface area (Å²) >= 11 is 0. The molecule has 254 valence electrons. The van der Waals surface area contributed by atoms with E-state index in [0.717, 1.165) is 71.3 Å². The van der Waals surface area contributed by atoms with E-state index >= 15 is 0 Å². The molecule has 8 aliphatic rings. The quantitative estimate of drug-likeness (QED) is 0.214. The number of terminal acetylenes is 1. The molecular weight excluding hydrogens is 556 g/mol. The summed E-state index contributed by atoms with van der Waals surface area (Å²) in [4.78, 5) is 5.45. The number of rotatable bonds is 6. The summed E-state index contributed by atoms with van der Waals surface area (Å²) in [6, 6.07) is 6.38. The largest absolute Gasteiger partial charge is 0.326 e. The molecule has 2 heterocycles. The molecule has 6 aliphatic carbocycles. The lowest BCUT2D eigenvalue weighted by atomic mass is 9.68. The van der Waals surface area contributed by atoms with Crippen molar-refractivity contribution in [2.24, 2.45) is 59.2 Å². The predicted molar refractivity (Wildman–Crippen MR) is 193 cm³/mol. The van der Waals surface area contributed by atoms with Crippen LogP contribution in [-0.2, 0) is 0 Å². The monoisotopic (exact) mass is 625 g/mol. The van der Waals surface area contributed by atoms with Gasteiger partial charge in [-0.2, -0.15) is 0 Å². The van der Waals surface area contributed by atoms with Crippen molar-refractivity contribution in [1.29, 1.82) is 0 Å². The van der Waals surface area contributed by atoms with Crippen molar-refractivity contribution < 1.29 is 0 Å². The minimum Gasteiger partial charge on any atom is -0.326 e. The highest BCUT2D eigenvalue weighted by molar-refractivity contribution is 5.12. The molecule has 6 saturated carbocycles. The Morgan fingerprint density at radius 2 is 0.891 bits per heavy atom. The average molecular weight is 625 g/mol. The van der Waals surface area contributed by atoms with E-state index in [4.69, 9.17) is 6.42 Å². The van der Waals surface area contributed by atoms with Crippen LogP contribution in [0.4, 0.5) is 0 Å². The Morgan fingerprint density at radius 3 is 1.46 bits per heavy atom. The summed E-state index contributed by atoms with van der Waals surface area (Å²) in [6.45, 7) is 3.72. The van der Waals surface area contributed by atoms with E-state index in [-0.39, 0.29) is 0 Å². The molecule has 8 rings (SSSR count). The molecule has 10 unspecified atom stereocenters. The van der Waals surface area contributed by atoms with Crippen molar-refractivity contribution in [3.8, 4) is 12.5 Å². The van der Waals surface area contributed by atoms with Gasteiger partial charge in [-0.25, -0.2) is 0 Å². The average Bonchev–Trinajstić information content (AvgIpc) is 3.61. The van der Waals surface area contributed by atoms with Crippen molar-refractivity contribution in [3.63, 3.8) is 0 Å². The van der Waals surface area contributed by atoms with Gasteiger partial charge < -0.3 is 4.90 Å². The van der Waals surface area contributed by atoms with Crippen molar-refractivity contribution in [3.05, 3.63) is 24.3 Å². The van der Waals surface area contributed by atoms with E-state index in [1.54, 1.807) is 0 Å². The molecule has 2 aliphatic heterocycles. The Labute approximate surface area is 284 Å². The molecule has 2 heteroatoms. The smallest absolute Gasteiger partial charge is 0.0406 e. The number of hydrogen-bond acceptors (Lipinski definition) is 2. The van der Waals surface area contributed by atoms with Crippen molar-refractivity contribution in [1.82, 2.24) is 9.80 Å². The van der Waals surface area contributed by atoms with Gasteiger partial charge in [0.2, 0.25) is 0 Å². The van der Waals surface area contributed by atoms with E-state index in [0.29, 0.717) is 12.1 Å². The molecule has 0 amide bonds. The summed E-state index contributed by atoms with van der Waals surface area (Å²) in [7, 11) is 0. The Balaban J connectivity index is 0.761. The molecular formula is C44H68N2. The van der Waals surface area contributed by atoms with E-state index < -0.39 is 0 Å². The third-order valence-corrected chi connectivity index (χ3v) is 16.2. The van der Waals surface area contributed by atoms with Crippen LogP contribution < -0.4 is 0 Å². The number of fused-ring (bicyclic) bond motifs is 6. The second-order valence-corrected chi connectivity index (χ2v) is 18.1. The van der Waals surface area contributed by atoms with Gasteiger partial charge in [-0.1, -0.05) is 63.3 Å². The van der Waals surface area contributed by atoms with Crippen LogP contribution in [0, 0.1) is 71.6 Å². The van der Waals surface area contributed by atoms with Crippen LogP contribution in [0.15, 0.2) is 24.3 Å². The molecule has 0 aromatic rings. The van der Waals surface area contributed by atoms with Gasteiger partial charge in [0.15, 0.2) is 0 Å². The van der Waals surface area contributed by atoms with Gasteiger partial charge in [0.1, 0.15) is 0 Å². The van der Waals surface area contributed by atoms with Crippen LogP contribution in [0.25, 0.3) is 0 Å². The lowest BCUT2D eigenvalue weighted by molar-refractivity contribution is 0.140. The highest BCUT2D eigenvalue weighted by Gasteiger charge is 2.51. The third-order valence-electron chi connectivity index (χ3n) is 16.2. The topological polar surface area (TPSA) is 6.48 Å². The van der Waals surface area contributed by atoms with E-state index in [1.165, 1.54) is 148 Å². The molecule has 2 nitrogen and oxygen atoms in total. The number of nitrogens with zero attached hydrogens (tertiary/aromatic N) is 2. The van der Waals surface area contributed by atoms with Gasteiger partial charge in [-0.15, -0.1) is 0 Å². The molecule has 0 radical (unpaired) electrons. The second kappa shape index (κ2) is 14.3. The summed E-state index contributed by atoms with van der Waals surface area (Å²) in [5, 5.41) is 0. The molecule has 10 atom stereocenters. The van der Waals surface area contributed by atoms with Crippen LogP contribution in [0.3, 0.4) is 0 Å². The number of allylic oxidation sites excluding steroid dienone is 4. The summed E-state index contributed by atoms with van der Waals surface area (Å²) < 4.78 is 0. The lowest BCUT2D eigenvalue weighted by Crippen LogP contribution is -2.40.